The lowest BCUT2D eigenvalue weighted by atomic mass is 9.98. The summed E-state index contributed by atoms with van der Waals surface area (Å²) in [5.74, 6) is 1.52. The molecule has 1 aliphatic rings. The minimum Gasteiger partial charge on any atom is -0.468 e. The molecule has 224 valence electrons. The van der Waals surface area contributed by atoms with Crippen LogP contribution in [0.3, 0.4) is 0 Å². The van der Waals surface area contributed by atoms with Crippen LogP contribution in [-0.2, 0) is 22.7 Å². The summed E-state index contributed by atoms with van der Waals surface area (Å²) in [5, 5.41) is 20.7. The summed E-state index contributed by atoms with van der Waals surface area (Å²) >= 11 is 1.58. The van der Waals surface area contributed by atoms with Gasteiger partial charge in [0.2, 0.25) is 5.91 Å². The number of aromatic nitrogens is 4. The second-order valence-corrected chi connectivity index (χ2v) is 12.4. The number of rotatable bonds is 10. The number of carbonyl (C=O) groups is 2. The minimum absolute atomic E-state index is 0.135. The van der Waals surface area contributed by atoms with Crippen LogP contribution in [0.4, 0.5) is 5.69 Å². The molecule has 0 saturated heterocycles. The minimum atomic E-state index is -0.664. The van der Waals surface area contributed by atoms with Crippen molar-refractivity contribution in [2.75, 3.05) is 10.7 Å². The summed E-state index contributed by atoms with van der Waals surface area (Å²) in [6.07, 6.45) is 1.84. The SMILES string of the molecule is CC(C)(CC(=O)N[C@@H]1CSc2ccccc2N(Cc2ccc(-c3ccccc3-c3nnn[nH]3)cc2)C1=O)NCc1ccco1. The largest absolute Gasteiger partial charge is 0.468 e. The maximum absolute atomic E-state index is 14.0. The maximum Gasteiger partial charge on any atom is 0.250 e. The first-order chi connectivity index (χ1) is 21.4. The topological polar surface area (TPSA) is 129 Å². The van der Waals surface area contributed by atoms with Crippen molar-refractivity contribution >= 4 is 29.3 Å². The van der Waals surface area contributed by atoms with Gasteiger partial charge in [-0.15, -0.1) is 16.9 Å². The first-order valence-corrected chi connectivity index (χ1v) is 15.4. The molecule has 0 bridgehead atoms. The molecule has 1 atom stereocenters. The van der Waals surface area contributed by atoms with E-state index in [0.717, 1.165) is 38.6 Å². The Labute approximate surface area is 259 Å². The van der Waals surface area contributed by atoms with Crippen LogP contribution in [0.5, 0.6) is 0 Å². The number of amides is 2. The first kappa shape index (κ1) is 29.3. The van der Waals surface area contributed by atoms with Crippen molar-refractivity contribution in [3.8, 4) is 22.5 Å². The third kappa shape index (κ3) is 6.74. The Morgan fingerprint density at radius 1 is 1.02 bits per heavy atom. The van der Waals surface area contributed by atoms with Gasteiger partial charge < -0.3 is 20.0 Å². The van der Waals surface area contributed by atoms with Crippen LogP contribution >= 0.6 is 11.8 Å². The van der Waals surface area contributed by atoms with Gasteiger partial charge in [0, 0.05) is 28.2 Å². The number of hydrogen-bond donors (Lipinski definition) is 3. The second-order valence-electron chi connectivity index (χ2n) is 11.3. The van der Waals surface area contributed by atoms with Crippen molar-refractivity contribution < 1.29 is 14.0 Å². The fraction of sp³-hybridized carbons (Fsp3) is 0.242. The van der Waals surface area contributed by atoms with Crippen LogP contribution in [0.25, 0.3) is 22.5 Å². The van der Waals surface area contributed by atoms with Crippen LogP contribution in [-0.4, -0.2) is 49.8 Å². The third-order valence-corrected chi connectivity index (χ3v) is 8.67. The van der Waals surface area contributed by atoms with Crippen LogP contribution < -0.4 is 15.5 Å². The number of para-hydroxylation sites is 1. The van der Waals surface area contributed by atoms with E-state index in [1.807, 2.05) is 98.8 Å². The quantitative estimate of drug-likeness (QED) is 0.197. The highest BCUT2D eigenvalue weighted by Gasteiger charge is 2.33. The monoisotopic (exact) mass is 607 g/mol. The van der Waals surface area contributed by atoms with E-state index in [-0.39, 0.29) is 18.2 Å². The zero-order valence-corrected chi connectivity index (χ0v) is 25.3. The van der Waals surface area contributed by atoms with Gasteiger partial charge in [-0.2, -0.15) is 0 Å². The first-order valence-electron chi connectivity index (χ1n) is 14.4. The number of nitrogens with zero attached hydrogens (tertiary/aromatic N) is 4. The molecule has 2 amide bonds. The van der Waals surface area contributed by atoms with E-state index in [1.54, 1.807) is 22.9 Å². The summed E-state index contributed by atoms with van der Waals surface area (Å²) in [6, 6.07) is 27.0. The van der Waals surface area contributed by atoms with E-state index < -0.39 is 11.6 Å². The highest BCUT2D eigenvalue weighted by atomic mass is 32.2. The number of anilines is 1. The predicted octanol–water partition coefficient (Wildman–Crippen LogP) is 5.21. The van der Waals surface area contributed by atoms with E-state index in [4.69, 9.17) is 4.42 Å². The van der Waals surface area contributed by atoms with Gasteiger partial charge in [-0.3, -0.25) is 9.59 Å². The fourth-order valence-corrected chi connectivity index (χ4v) is 6.33. The molecule has 44 heavy (non-hydrogen) atoms. The molecule has 0 fully saturated rings. The van der Waals surface area contributed by atoms with E-state index >= 15 is 0 Å². The molecule has 11 heteroatoms. The zero-order valence-electron chi connectivity index (χ0n) is 24.5. The summed E-state index contributed by atoms with van der Waals surface area (Å²) in [4.78, 5) is 30.0. The van der Waals surface area contributed by atoms with Crippen LogP contribution in [0.1, 0.15) is 31.6 Å². The summed E-state index contributed by atoms with van der Waals surface area (Å²) in [6.45, 7) is 4.81. The van der Waals surface area contributed by atoms with Gasteiger partial charge in [-0.1, -0.05) is 60.7 Å². The molecule has 0 aliphatic carbocycles. The van der Waals surface area contributed by atoms with Crippen LogP contribution in [0.15, 0.2) is 101 Å². The van der Waals surface area contributed by atoms with Gasteiger partial charge >= 0.3 is 0 Å². The molecule has 0 radical (unpaired) electrons. The lowest BCUT2D eigenvalue weighted by molar-refractivity contribution is -0.127. The number of H-pyrrole nitrogens is 1. The van der Waals surface area contributed by atoms with E-state index in [9.17, 15) is 9.59 Å². The summed E-state index contributed by atoms with van der Waals surface area (Å²) < 4.78 is 5.40. The number of thioether (sulfide) groups is 1. The average molecular weight is 608 g/mol. The molecule has 0 saturated carbocycles. The lowest BCUT2D eigenvalue weighted by Crippen LogP contribution is -2.51. The number of hydrogen-bond acceptors (Lipinski definition) is 8. The number of tetrazole rings is 1. The third-order valence-electron chi connectivity index (χ3n) is 7.52. The molecule has 0 spiro atoms. The maximum atomic E-state index is 14.0. The molecule has 0 unspecified atom stereocenters. The number of aromatic amines is 1. The standard InChI is InChI=1S/C33H33N7O3S/c1-33(2,34-19-24-8-7-17-43-24)18-30(41)35-27-21-44-29-12-6-5-11-28(29)40(32(27)42)20-22-13-15-23(16-14-22)25-9-3-4-10-26(25)31-36-38-39-37-31/h3-17,27,34H,18-21H2,1-2H3,(H,35,41)(H,36,37,38,39)/t27-/m1/s1. The summed E-state index contributed by atoms with van der Waals surface area (Å²) in [7, 11) is 0. The highest BCUT2D eigenvalue weighted by molar-refractivity contribution is 7.99. The molecular weight excluding hydrogens is 574 g/mol. The Balaban J connectivity index is 1.18. The highest BCUT2D eigenvalue weighted by Crippen LogP contribution is 2.36. The Bertz CT molecular complexity index is 1720. The van der Waals surface area contributed by atoms with Gasteiger partial charge in [-0.25, -0.2) is 5.10 Å². The predicted molar refractivity (Wildman–Crippen MR) is 170 cm³/mol. The molecule has 2 aromatic heterocycles. The van der Waals surface area contributed by atoms with Gasteiger partial charge in [0.05, 0.1) is 25.0 Å². The number of nitrogens with one attached hydrogen (secondary N) is 3. The normalized spacial score (nSPS) is 15.1. The number of fused-ring (bicyclic) bond motifs is 1. The van der Waals surface area contributed by atoms with Crippen LogP contribution in [0.2, 0.25) is 0 Å². The molecule has 3 N–H and O–H groups in total. The summed E-state index contributed by atoms with van der Waals surface area (Å²) in [5.41, 5.74) is 4.21. The van der Waals surface area contributed by atoms with Crippen molar-refractivity contribution in [3.05, 3.63) is 103 Å². The average Bonchev–Trinajstić information content (AvgIpc) is 3.74. The molecule has 3 heterocycles. The fourth-order valence-electron chi connectivity index (χ4n) is 5.26. The van der Waals surface area contributed by atoms with E-state index in [0.29, 0.717) is 24.7 Å². The van der Waals surface area contributed by atoms with Crippen LogP contribution in [0, 0.1) is 0 Å². The molecular formula is C33H33N7O3S. The number of carbonyl (C=O) groups excluding carboxylic acids is 2. The van der Waals surface area contributed by atoms with Crippen molar-refractivity contribution in [2.24, 2.45) is 0 Å². The Kier molecular flexibility index (Phi) is 8.58. The lowest BCUT2D eigenvalue weighted by Gasteiger charge is -2.28. The smallest absolute Gasteiger partial charge is 0.250 e. The van der Waals surface area contributed by atoms with Crippen molar-refractivity contribution in [2.45, 2.75) is 49.8 Å². The van der Waals surface area contributed by atoms with Gasteiger partial charge in [0.1, 0.15) is 11.8 Å². The molecule has 5 aromatic rings. The zero-order chi connectivity index (χ0) is 30.5. The number of benzene rings is 3. The number of furan rings is 1. The van der Waals surface area contributed by atoms with Crippen molar-refractivity contribution in [1.82, 2.24) is 31.3 Å². The van der Waals surface area contributed by atoms with E-state index in [2.05, 4.69) is 31.3 Å². The molecule has 1 aliphatic heterocycles. The molecule has 3 aromatic carbocycles. The van der Waals surface area contributed by atoms with Gasteiger partial charge in [0.15, 0.2) is 5.82 Å². The Morgan fingerprint density at radius 2 is 1.80 bits per heavy atom. The van der Waals surface area contributed by atoms with Gasteiger partial charge in [0.25, 0.3) is 5.91 Å². The molecule has 10 nitrogen and oxygen atoms in total. The Hall–Kier alpha value is -4.74. The molecule has 6 rings (SSSR count). The van der Waals surface area contributed by atoms with Crippen molar-refractivity contribution in [1.29, 1.82) is 0 Å². The Morgan fingerprint density at radius 3 is 2.55 bits per heavy atom. The van der Waals surface area contributed by atoms with Gasteiger partial charge in [-0.05, 0) is 65.2 Å². The van der Waals surface area contributed by atoms with Crippen molar-refractivity contribution in [3.63, 3.8) is 0 Å². The van der Waals surface area contributed by atoms with E-state index in [1.165, 1.54) is 0 Å². The second kappa shape index (κ2) is 12.9.